The van der Waals surface area contributed by atoms with Crippen LogP contribution in [0.1, 0.15) is 31.7 Å². The number of aryl methyl sites for hydroxylation is 1. The highest BCUT2D eigenvalue weighted by Gasteiger charge is 2.19. The molecule has 136 valence electrons. The number of anilines is 1. The van der Waals surface area contributed by atoms with Crippen LogP contribution in [0.2, 0.25) is 0 Å². The third kappa shape index (κ3) is 3.42. The van der Waals surface area contributed by atoms with Gasteiger partial charge in [-0.05, 0) is 33.2 Å². The van der Waals surface area contributed by atoms with Crippen LogP contribution in [0.15, 0.2) is 35.1 Å². The van der Waals surface area contributed by atoms with E-state index in [1.54, 1.807) is 0 Å². The van der Waals surface area contributed by atoms with Crippen LogP contribution < -0.4 is 5.32 Å². The average Bonchev–Trinajstić information content (AvgIpc) is 3.09. The Bertz CT molecular complexity index is 874. The molecule has 6 heteroatoms. The molecule has 1 atom stereocenters. The van der Waals surface area contributed by atoms with Crippen LogP contribution in [-0.4, -0.2) is 45.7 Å². The molecule has 1 fully saturated rings. The van der Waals surface area contributed by atoms with E-state index < -0.39 is 0 Å². The summed E-state index contributed by atoms with van der Waals surface area (Å²) in [5.41, 5.74) is 3.53. The first-order valence-electron chi connectivity index (χ1n) is 9.38. The van der Waals surface area contributed by atoms with Gasteiger partial charge in [-0.3, -0.25) is 4.90 Å². The number of aromatic nitrogens is 3. The van der Waals surface area contributed by atoms with E-state index in [0.29, 0.717) is 11.8 Å². The van der Waals surface area contributed by atoms with E-state index in [-0.39, 0.29) is 0 Å². The van der Waals surface area contributed by atoms with Crippen LogP contribution in [0.4, 0.5) is 5.82 Å². The summed E-state index contributed by atoms with van der Waals surface area (Å²) in [7, 11) is 0. The minimum absolute atomic E-state index is 0.518. The highest BCUT2D eigenvalue weighted by molar-refractivity contribution is 5.97. The number of nitrogens with zero attached hydrogens (tertiary/aromatic N) is 4. The predicted molar refractivity (Wildman–Crippen MR) is 103 cm³/mol. The van der Waals surface area contributed by atoms with Crippen molar-refractivity contribution in [3.63, 3.8) is 0 Å². The van der Waals surface area contributed by atoms with Crippen LogP contribution in [0.5, 0.6) is 0 Å². The number of likely N-dealkylation sites (tertiary alicyclic amines) is 1. The van der Waals surface area contributed by atoms with E-state index in [0.717, 1.165) is 35.6 Å². The van der Waals surface area contributed by atoms with Crippen LogP contribution in [-0.2, 0) is 0 Å². The Morgan fingerprint density at radius 1 is 1.19 bits per heavy atom. The summed E-state index contributed by atoms with van der Waals surface area (Å²) in [5.74, 6) is 0.788. The standard InChI is InChI=1S/C20H25N5O/c1-14-6-8-16(9-7-14)18-17-19(22-13-23-20(17)26-24-18)21-10-12-25-11-4-3-5-15(25)2/h6-9,13,15H,3-5,10-12H2,1-2H3,(H,21,22,23)/t15-/m0/s1. The van der Waals surface area contributed by atoms with Crippen molar-refractivity contribution in [2.75, 3.05) is 25.0 Å². The zero-order chi connectivity index (χ0) is 17.9. The molecule has 4 rings (SSSR count). The third-order valence-corrected chi connectivity index (χ3v) is 5.23. The fourth-order valence-electron chi connectivity index (χ4n) is 3.64. The Morgan fingerprint density at radius 3 is 2.85 bits per heavy atom. The van der Waals surface area contributed by atoms with Crippen molar-refractivity contribution in [3.8, 4) is 11.3 Å². The lowest BCUT2D eigenvalue weighted by Crippen LogP contribution is -2.40. The van der Waals surface area contributed by atoms with Crippen LogP contribution in [0, 0.1) is 6.92 Å². The first-order valence-corrected chi connectivity index (χ1v) is 9.38. The van der Waals surface area contributed by atoms with Crippen molar-refractivity contribution < 1.29 is 4.52 Å². The molecule has 2 aromatic heterocycles. The molecule has 0 bridgehead atoms. The lowest BCUT2D eigenvalue weighted by Gasteiger charge is -2.33. The number of fused-ring (bicyclic) bond motifs is 1. The highest BCUT2D eigenvalue weighted by atomic mass is 16.5. The van der Waals surface area contributed by atoms with Gasteiger partial charge in [0.25, 0.3) is 5.71 Å². The van der Waals surface area contributed by atoms with Crippen molar-refractivity contribution in [2.45, 2.75) is 39.2 Å². The molecule has 3 aromatic rings. The van der Waals surface area contributed by atoms with E-state index in [2.05, 4.69) is 63.5 Å². The molecule has 1 aliphatic rings. The minimum Gasteiger partial charge on any atom is -0.368 e. The van der Waals surface area contributed by atoms with Crippen molar-refractivity contribution in [3.05, 3.63) is 36.2 Å². The molecule has 1 aromatic carbocycles. The fraction of sp³-hybridized carbons (Fsp3) is 0.450. The smallest absolute Gasteiger partial charge is 0.263 e. The molecule has 6 nitrogen and oxygen atoms in total. The molecule has 0 saturated carbocycles. The van der Waals surface area contributed by atoms with E-state index in [4.69, 9.17) is 4.52 Å². The first-order chi connectivity index (χ1) is 12.7. The Labute approximate surface area is 153 Å². The fourth-order valence-corrected chi connectivity index (χ4v) is 3.64. The minimum atomic E-state index is 0.518. The molecule has 0 unspecified atom stereocenters. The maximum Gasteiger partial charge on any atom is 0.263 e. The first kappa shape index (κ1) is 17.0. The SMILES string of the molecule is Cc1ccc(-c2noc3ncnc(NCCN4CCCC[C@@H]4C)c23)cc1. The van der Waals surface area contributed by atoms with Gasteiger partial charge in [0.15, 0.2) is 0 Å². The number of piperidine rings is 1. The van der Waals surface area contributed by atoms with Gasteiger partial charge in [0.05, 0.1) is 0 Å². The molecule has 1 aliphatic heterocycles. The third-order valence-electron chi connectivity index (χ3n) is 5.23. The maximum absolute atomic E-state index is 5.44. The topological polar surface area (TPSA) is 67.1 Å². The summed E-state index contributed by atoms with van der Waals surface area (Å²) in [6.45, 7) is 7.43. The lowest BCUT2D eigenvalue weighted by atomic mass is 10.0. The van der Waals surface area contributed by atoms with Gasteiger partial charge >= 0.3 is 0 Å². The molecule has 26 heavy (non-hydrogen) atoms. The van der Waals surface area contributed by atoms with E-state index in [1.807, 2.05) is 0 Å². The van der Waals surface area contributed by atoms with E-state index >= 15 is 0 Å². The average molecular weight is 351 g/mol. The quantitative estimate of drug-likeness (QED) is 0.752. The molecule has 1 saturated heterocycles. The number of hydrogen-bond donors (Lipinski definition) is 1. The van der Waals surface area contributed by atoms with Crippen molar-refractivity contribution in [2.24, 2.45) is 0 Å². The largest absolute Gasteiger partial charge is 0.368 e. The monoisotopic (exact) mass is 351 g/mol. The van der Waals surface area contributed by atoms with Crippen molar-refractivity contribution >= 4 is 16.9 Å². The Hall–Kier alpha value is -2.47. The summed E-state index contributed by atoms with van der Waals surface area (Å²) in [4.78, 5) is 11.2. The summed E-state index contributed by atoms with van der Waals surface area (Å²) < 4.78 is 5.44. The number of benzene rings is 1. The van der Waals surface area contributed by atoms with Gasteiger partial charge in [-0.25, -0.2) is 4.98 Å². The second-order valence-electron chi connectivity index (χ2n) is 7.11. The Kier molecular flexibility index (Phi) is 4.84. The summed E-state index contributed by atoms with van der Waals surface area (Å²) in [6, 6.07) is 8.92. The molecule has 1 N–H and O–H groups in total. The van der Waals surface area contributed by atoms with Crippen LogP contribution in [0.3, 0.4) is 0 Å². The van der Waals surface area contributed by atoms with Crippen LogP contribution in [0.25, 0.3) is 22.4 Å². The van der Waals surface area contributed by atoms with Gasteiger partial charge in [-0.2, -0.15) is 4.98 Å². The molecule has 0 amide bonds. The lowest BCUT2D eigenvalue weighted by molar-refractivity contribution is 0.167. The number of rotatable bonds is 5. The van der Waals surface area contributed by atoms with Gasteiger partial charge in [0, 0.05) is 24.7 Å². The second-order valence-corrected chi connectivity index (χ2v) is 7.11. The van der Waals surface area contributed by atoms with Crippen molar-refractivity contribution in [1.82, 2.24) is 20.0 Å². The highest BCUT2D eigenvalue weighted by Crippen LogP contribution is 2.31. The van der Waals surface area contributed by atoms with E-state index in [1.165, 1.54) is 37.7 Å². The summed E-state index contributed by atoms with van der Waals surface area (Å²) >= 11 is 0. The Balaban J connectivity index is 1.55. The summed E-state index contributed by atoms with van der Waals surface area (Å²) in [5, 5.41) is 8.56. The molecule has 0 radical (unpaired) electrons. The van der Waals surface area contributed by atoms with Crippen LogP contribution >= 0.6 is 0 Å². The Morgan fingerprint density at radius 2 is 2.04 bits per heavy atom. The van der Waals surface area contributed by atoms with Gasteiger partial charge in [-0.1, -0.05) is 41.4 Å². The molecule has 3 heterocycles. The molecule has 0 aliphatic carbocycles. The van der Waals surface area contributed by atoms with Crippen molar-refractivity contribution in [1.29, 1.82) is 0 Å². The zero-order valence-electron chi connectivity index (χ0n) is 15.4. The summed E-state index contributed by atoms with van der Waals surface area (Å²) in [6.07, 6.45) is 5.46. The number of hydrogen-bond acceptors (Lipinski definition) is 6. The molecular formula is C20H25N5O. The van der Waals surface area contributed by atoms with Gasteiger partial charge in [0.1, 0.15) is 23.2 Å². The molecule has 0 spiro atoms. The molecular weight excluding hydrogens is 326 g/mol. The second kappa shape index (κ2) is 7.41. The van der Waals surface area contributed by atoms with Gasteiger partial charge in [0.2, 0.25) is 0 Å². The normalized spacial score (nSPS) is 18.3. The van der Waals surface area contributed by atoms with Gasteiger partial charge in [-0.15, -0.1) is 0 Å². The van der Waals surface area contributed by atoms with Gasteiger partial charge < -0.3 is 9.84 Å². The number of nitrogens with one attached hydrogen (secondary N) is 1. The maximum atomic E-state index is 5.44. The van der Waals surface area contributed by atoms with E-state index in [9.17, 15) is 0 Å². The zero-order valence-corrected chi connectivity index (χ0v) is 15.4. The predicted octanol–water partition coefficient (Wildman–Crippen LogP) is 3.88.